The Morgan fingerprint density at radius 3 is 3.15 bits per heavy atom. The monoisotopic (exact) mass is 185 g/mol. The highest BCUT2D eigenvalue weighted by atomic mass is 16.6. The molecule has 2 heterocycles. The third-order valence-corrected chi connectivity index (χ3v) is 2.80. The van der Waals surface area contributed by atoms with Gasteiger partial charge in [0.05, 0.1) is 12.6 Å². The lowest BCUT2D eigenvalue weighted by molar-refractivity contribution is 0.115. The molecule has 2 fully saturated rings. The van der Waals surface area contributed by atoms with Gasteiger partial charge in [-0.3, -0.25) is 0 Å². The first kappa shape index (κ1) is 8.77. The standard InChI is InChI=1S/C8H15N3O2/c9-13-5-4-10-6-7-2-1-3-11(7)8(10)12/h7H,1-6,9H2/t7-/m0/s1. The van der Waals surface area contributed by atoms with Crippen molar-refractivity contribution >= 4 is 6.03 Å². The molecule has 2 aliphatic rings. The van der Waals surface area contributed by atoms with Gasteiger partial charge in [-0.2, -0.15) is 0 Å². The van der Waals surface area contributed by atoms with Gasteiger partial charge in [-0.25, -0.2) is 10.7 Å². The molecule has 0 saturated carbocycles. The van der Waals surface area contributed by atoms with Crippen molar-refractivity contribution in [2.75, 3.05) is 26.2 Å². The van der Waals surface area contributed by atoms with Gasteiger partial charge < -0.3 is 14.6 Å². The van der Waals surface area contributed by atoms with E-state index in [2.05, 4.69) is 4.84 Å². The minimum Gasteiger partial charge on any atom is -0.320 e. The first-order valence-corrected chi connectivity index (χ1v) is 4.70. The molecule has 2 aliphatic heterocycles. The van der Waals surface area contributed by atoms with E-state index in [4.69, 9.17) is 5.90 Å². The van der Waals surface area contributed by atoms with Crippen molar-refractivity contribution in [2.24, 2.45) is 5.90 Å². The van der Waals surface area contributed by atoms with Crippen molar-refractivity contribution in [3.8, 4) is 0 Å². The number of rotatable bonds is 3. The molecule has 5 nitrogen and oxygen atoms in total. The van der Waals surface area contributed by atoms with Crippen LogP contribution >= 0.6 is 0 Å². The van der Waals surface area contributed by atoms with E-state index in [9.17, 15) is 4.79 Å². The van der Waals surface area contributed by atoms with E-state index in [1.807, 2.05) is 9.80 Å². The van der Waals surface area contributed by atoms with Crippen LogP contribution in [0.4, 0.5) is 4.79 Å². The molecule has 13 heavy (non-hydrogen) atoms. The summed E-state index contributed by atoms with van der Waals surface area (Å²) >= 11 is 0. The number of amides is 2. The Kier molecular flexibility index (Phi) is 2.37. The van der Waals surface area contributed by atoms with Gasteiger partial charge in [-0.15, -0.1) is 0 Å². The third kappa shape index (κ3) is 1.49. The third-order valence-electron chi connectivity index (χ3n) is 2.80. The van der Waals surface area contributed by atoms with E-state index in [0.29, 0.717) is 19.2 Å². The second kappa shape index (κ2) is 3.51. The number of fused-ring (bicyclic) bond motifs is 1. The molecule has 0 aromatic carbocycles. The first-order valence-electron chi connectivity index (χ1n) is 4.70. The molecule has 0 unspecified atom stereocenters. The summed E-state index contributed by atoms with van der Waals surface area (Å²) in [6.45, 7) is 2.81. The number of carbonyl (C=O) groups is 1. The minimum atomic E-state index is 0.152. The summed E-state index contributed by atoms with van der Waals surface area (Å²) in [5.74, 6) is 4.92. The molecule has 0 aromatic rings. The van der Waals surface area contributed by atoms with Gasteiger partial charge in [-0.05, 0) is 12.8 Å². The predicted molar refractivity (Wildman–Crippen MR) is 46.8 cm³/mol. The smallest absolute Gasteiger partial charge is 0.320 e. The van der Waals surface area contributed by atoms with Crippen molar-refractivity contribution in [1.29, 1.82) is 0 Å². The van der Waals surface area contributed by atoms with Crippen molar-refractivity contribution in [3.05, 3.63) is 0 Å². The first-order chi connectivity index (χ1) is 6.33. The maximum absolute atomic E-state index is 11.6. The van der Waals surface area contributed by atoms with Gasteiger partial charge >= 0.3 is 6.03 Å². The molecule has 5 heteroatoms. The summed E-state index contributed by atoms with van der Waals surface area (Å²) in [5.41, 5.74) is 0. The number of nitrogens with two attached hydrogens (primary N) is 1. The van der Waals surface area contributed by atoms with Gasteiger partial charge in [-0.1, -0.05) is 0 Å². The molecule has 0 bridgehead atoms. The molecule has 2 rings (SSSR count). The Morgan fingerprint density at radius 2 is 2.46 bits per heavy atom. The van der Waals surface area contributed by atoms with Gasteiger partial charge in [0, 0.05) is 19.6 Å². The quantitative estimate of drug-likeness (QED) is 0.618. The zero-order valence-electron chi connectivity index (χ0n) is 7.61. The largest absolute Gasteiger partial charge is 0.320 e. The van der Waals surface area contributed by atoms with Crippen LogP contribution in [0.25, 0.3) is 0 Å². The average Bonchev–Trinajstić information content (AvgIpc) is 2.67. The minimum absolute atomic E-state index is 0.152. The van der Waals surface area contributed by atoms with Crippen LogP contribution in [0.15, 0.2) is 0 Å². The summed E-state index contributed by atoms with van der Waals surface area (Å²) in [6, 6.07) is 0.602. The number of hydrogen-bond donors (Lipinski definition) is 1. The van der Waals surface area contributed by atoms with Crippen LogP contribution in [0.5, 0.6) is 0 Å². The molecule has 74 valence electrons. The van der Waals surface area contributed by atoms with Crippen LogP contribution < -0.4 is 5.90 Å². The molecular weight excluding hydrogens is 170 g/mol. The van der Waals surface area contributed by atoms with Gasteiger partial charge in [0.15, 0.2) is 0 Å². The fourth-order valence-electron chi connectivity index (χ4n) is 2.14. The van der Waals surface area contributed by atoms with Crippen molar-refractivity contribution in [2.45, 2.75) is 18.9 Å². The molecule has 2 saturated heterocycles. The molecule has 0 aromatic heterocycles. The van der Waals surface area contributed by atoms with E-state index < -0.39 is 0 Å². The Hall–Kier alpha value is -0.810. The zero-order chi connectivity index (χ0) is 9.26. The van der Waals surface area contributed by atoms with Crippen molar-refractivity contribution in [3.63, 3.8) is 0 Å². The van der Waals surface area contributed by atoms with E-state index in [1.165, 1.54) is 0 Å². The fourth-order valence-corrected chi connectivity index (χ4v) is 2.14. The van der Waals surface area contributed by atoms with Crippen LogP contribution in [0, 0.1) is 0 Å². The van der Waals surface area contributed by atoms with Crippen LogP contribution in [0.2, 0.25) is 0 Å². The highest BCUT2D eigenvalue weighted by Gasteiger charge is 2.39. The lowest BCUT2D eigenvalue weighted by Crippen LogP contribution is -2.34. The summed E-state index contributed by atoms with van der Waals surface area (Å²) in [4.78, 5) is 19.9. The molecular formula is C8H15N3O2. The Morgan fingerprint density at radius 1 is 1.62 bits per heavy atom. The highest BCUT2D eigenvalue weighted by Crippen LogP contribution is 2.25. The topological polar surface area (TPSA) is 58.8 Å². The second-order valence-electron chi connectivity index (χ2n) is 3.59. The summed E-state index contributed by atoms with van der Waals surface area (Å²) < 4.78 is 0. The normalized spacial score (nSPS) is 27.2. The van der Waals surface area contributed by atoms with Crippen LogP contribution in [-0.4, -0.2) is 48.1 Å². The Balaban J connectivity index is 1.91. The maximum atomic E-state index is 11.6. The van der Waals surface area contributed by atoms with Gasteiger partial charge in [0.1, 0.15) is 0 Å². The van der Waals surface area contributed by atoms with Crippen molar-refractivity contribution in [1.82, 2.24) is 9.80 Å². The van der Waals surface area contributed by atoms with E-state index in [0.717, 1.165) is 25.9 Å². The fraction of sp³-hybridized carbons (Fsp3) is 0.875. The van der Waals surface area contributed by atoms with Crippen LogP contribution in [0.3, 0.4) is 0 Å². The SMILES string of the molecule is NOCCN1C[C@@H]2CCCN2C1=O. The Bertz CT molecular complexity index is 210. The van der Waals surface area contributed by atoms with E-state index >= 15 is 0 Å². The summed E-state index contributed by atoms with van der Waals surface area (Å²) in [5, 5.41) is 0. The van der Waals surface area contributed by atoms with Gasteiger partial charge in [0.2, 0.25) is 0 Å². The zero-order valence-corrected chi connectivity index (χ0v) is 7.61. The van der Waals surface area contributed by atoms with E-state index in [1.54, 1.807) is 0 Å². The lowest BCUT2D eigenvalue weighted by atomic mass is 10.2. The maximum Gasteiger partial charge on any atom is 0.320 e. The highest BCUT2D eigenvalue weighted by molar-refractivity contribution is 5.77. The Labute approximate surface area is 77.4 Å². The molecule has 2 N–H and O–H groups in total. The molecule has 2 amide bonds. The van der Waals surface area contributed by atoms with Gasteiger partial charge in [0.25, 0.3) is 0 Å². The van der Waals surface area contributed by atoms with Crippen LogP contribution in [-0.2, 0) is 4.84 Å². The number of nitrogens with zero attached hydrogens (tertiary/aromatic N) is 2. The molecule has 0 aliphatic carbocycles. The van der Waals surface area contributed by atoms with Crippen LogP contribution in [0.1, 0.15) is 12.8 Å². The number of carbonyl (C=O) groups excluding carboxylic acids is 1. The molecule has 0 spiro atoms. The van der Waals surface area contributed by atoms with E-state index in [-0.39, 0.29) is 6.03 Å². The number of hydrogen-bond acceptors (Lipinski definition) is 3. The predicted octanol–water partition coefficient (Wildman–Crippen LogP) is -0.223. The lowest BCUT2D eigenvalue weighted by Gasteiger charge is -2.16. The van der Waals surface area contributed by atoms with Crippen molar-refractivity contribution < 1.29 is 9.63 Å². The molecule has 1 atom stereocenters. The number of urea groups is 1. The second-order valence-corrected chi connectivity index (χ2v) is 3.59. The summed E-state index contributed by atoms with van der Waals surface area (Å²) in [6.07, 6.45) is 2.29. The molecule has 0 radical (unpaired) electrons. The average molecular weight is 185 g/mol. The summed E-state index contributed by atoms with van der Waals surface area (Å²) in [7, 11) is 0.